The van der Waals surface area contributed by atoms with Crippen molar-refractivity contribution >= 4 is 5.91 Å². The average molecular weight is 370 g/mol. The van der Waals surface area contributed by atoms with Crippen molar-refractivity contribution in [2.75, 3.05) is 7.11 Å². The van der Waals surface area contributed by atoms with Gasteiger partial charge in [0.1, 0.15) is 11.6 Å². The summed E-state index contributed by atoms with van der Waals surface area (Å²) in [6.45, 7) is 2.63. The van der Waals surface area contributed by atoms with Crippen LogP contribution in [0.1, 0.15) is 57.7 Å². The van der Waals surface area contributed by atoms with Gasteiger partial charge in [0.05, 0.1) is 13.7 Å². The number of nitrogens with zero attached hydrogens (tertiary/aromatic N) is 2. The molecule has 0 aliphatic heterocycles. The summed E-state index contributed by atoms with van der Waals surface area (Å²) in [6, 6.07) is 7.59. The first-order valence-corrected chi connectivity index (χ1v) is 10.0. The summed E-state index contributed by atoms with van der Waals surface area (Å²) < 4.78 is 5.16. The van der Waals surface area contributed by atoms with Gasteiger partial charge in [-0.25, -0.2) is 4.98 Å². The van der Waals surface area contributed by atoms with Gasteiger partial charge in [0.2, 0.25) is 5.91 Å². The number of carbonyl (C=O) groups excluding carboxylic acids is 1. The molecular formula is C21H30N4O2. The number of ether oxygens (including phenoxy) is 1. The Morgan fingerprint density at radius 1 is 1.22 bits per heavy atom. The number of carbonyl (C=O) groups is 1. The van der Waals surface area contributed by atoms with Gasteiger partial charge in [-0.05, 0) is 55.9 Å². The van der Waals surface area contributed by atoms with E-state index in [4.69, 9.17) is 4.74 Å². The molecule has 0 bridgehead atoms. The predicted molar refractivity (Wildman–Crippen MR) is 105 cm³/mol. The lowest BCUT2D eigenvalue weighted by Gasteiger charge is -2.27. The third-order valence-electron chi connectivity index (χ3n) is 5.49. The molecule has 6 nitrogen and oxygen atoms in total. The van der Waals surface area contributed by atoms with Crippen LogP contribution < -0.4 is 10.1 Å². The van der Waals surface area contributed by atoms with Gasteiger partial charge in [-0.2, -0.15) is 5.10 Å². The molecule has 2 N–H and O–H groups in total. The maximum Gasteiger partial charge on any atom is 0.223 e. The lowest BCUT2D eigenvalue weighted by atomic mass is 9.79. The summed E-state index contributed by atoms with van der Waals surface area (Å²) in [5.41, 5.74) is 0.912. The molecule has 0 saturated heterocycles. The summed E-state index contributed by atoms with van der Waals surface area (Å²) >= 11 is 0. The Bertz CT molecular complexity index is 718. The highest BCUT2D eigenvalue weighted by Crippen LogP contribution is 2.32. The molecule has 6 heteroatoms. The minimum absolute atomic E-state index is 0.145. The van der Waals surface area contributed by atoms with Gasteiger partial charge >= 0.3 is 0 Å². The third kappa shape index (κ3) is 5.31. The minimum Gasteiger partial charge on any atom is -0.497 e. The molecule has 0 spiro atoms. The molecule has 2 aromatic rings. The van der Waals surface area contributed by atoms with Crippen molar-refractivity contribution in [3.05, 3.63) is 30.1 Å². The maximum absolute atomic E-state index is 12.5. The third-order valence-corrected chi connectivity index (χ3v) is 5.49. The van der Waals surface area contributed by atoms with E-state index in [-0.39, 0.29) is 11.8 Å². The van der Waals surface area contributed by atoms with E-state index in [9.17, 15) is 4.79 Å². The summed E-state index contributed by atoms with van der Waals surface area (Å²) in [5, 5.41) is 10.2. The first kappa shape index (κ1) is 19.4. The number of methoxy groups -OCH3 is 1. The molecule has 1 heterocycles. The molecule has 27 heavy (non-hydrogen) atoms. The first-order chi connectivity index (χ1) is 13.2. The van der Waals surface area contributed by atoms with Gasteiger partial charge < -0.3 is 10.1 Å². The molecule has 146 valence electrons. The Balaban J connectivity index is 1.46. The van der Waals surface area contributed by atoms with Crippen LogP contribution >= 0.6 is 0 Å². The van der Waals surface area contributed by atoms with E-state index in [1.54, 1.807) is 7.11 Å². The number of nitrogens with one attached hydrogen (secondary N) is 2. The van der Waals surface area contributed by atoms with E-state index < -0.39 is 0 Å². The van der Waals surface area contributed by atoms with Crippen molar-refractivity contribution in [1.82, 2.24) is 20.5 Å². The van der Waals surface area contributed by atoms with E-state index in [1.807, 2.05) is 24.3 Å². The molecule has 0 unspecified atom stereocenters. The summed E-state index contributed by atoms with van der Waals surface area (Å²) in [5.74, 6) is 3.20. The maximum atomic E-state index is 12.5. The lowest BCUT2D eigenvalue weighted by Crippen LogP contribution is -2.33. The van der Waals surface area contributed by atoms with Crippen molar-refractivity contribution in [3.63, 3.8) is 0 Å². The monoisotopic (exact) mass is 370 g/mol. The summed E-state index contributed by atoms with van der Waals surface area (Å²) in [4.78, 5) is 16.9. The van der Waals surface area contributed by atoms with Crippen molar-refractivity contribution < 1.29 is 9.53 Å². The molecule has 3 rings (SSSR count). The summed E-state index contributed by atoms with van der Waals surface area (Å²) in [6.07, 6.45) is 8.27. The van der Waals surface area contributed by atoms with Gasteiger partial charge in [0.25, 0.3) is 0 Å². The van der Waals surface area contributed by atoms with Crippen LogP contribution in [0.2, 0.25) is 0 Å². The van der Waals surface area contributed by atoms with E-state index in [2.05, 4.69) is 27.4 Å². The fourth-order valence-electron chi connectivity index (χ4n) is 3.76. The van der Waals surface area contributed by atoms with Crippen LogP contribution in [0.5, 0.6) is 5.75 Å². The second kappa shape index (κ2) is 9.53. The van der Waals surface area contributed by atoms with Gasteiger partial charge in [0.15, 0.2) is 5.82 Å². The zero-order valence-electron chi connectivity index (χ0n) is 16.3. The van der Waals surface area contributed by atoms with Crippen molar-refractivity contribution in [3.8, 4) is 17.1 Å². The smallest absolute Gasteiger partial charge is 0.223 e. The molecule has 0 radical (unpaired) electrons. The molecule has 1 fully saturated rings. The zero-order valence-corrected chi connectivity index (χ0v) is 16.3. The van der Waals surface area contributed by atoms with Crippen LogP contribution in [0.15, 0.2) is 24.3 Å². The van der Waals surface area contributed by atoms with E-state index in [1.165, 1.54) is 32.1 Å². The van der Waals surface area contributed by atoms with Crippen molar-refractivity contribution in [2.45, 2.75) is 58.4 Å². The highest BCUT2D eigenvalue weighted by molar-refractivity contribution is 5.78. The van der Waals surface area contributed by atoms with E-state index in [0.29, 0.717) is 18.2 Å². The van der Waals surface area contributed by atoms with Crippen LogP contribution in [0.3, 0.4) is 0 Å². The predicted octanol–water partition coefficient (Wildman–Crippen LogP) is 4.09. The number of rotatable bonds is 8. The number of amides is 1. The zero-order chi connectivity index (χ0) is 19.1. The second-order valence-electron chi connectivity index (χ2n) is 7.41. The highest BCUT2D eigenvalue weighted by atomic mass is 16.5. The number of hydrogen-bond acceptors (Lipinski definition) is 4. The van der Waals surface area contributed by atoms with E-state index >= 15 is 0 Å². The summed E-state index contributed by atoms with van der Waals surface area (Å²) in [7, 11) is 1.64. The molecular weight excluding hydrogens is 340 g/mol. The molecule has 1 aromatic heterocycles. The minimum atomic E-state index is 0.145. The average Bonchev–Trinajstić information content (AvgIpc) is 3.20. The van der Waals surface area contributed by atoms with Gasteiger partial charge in [0, 0.05) is 11.5 Å². The van der Waals surface area contributed by atoms with Crippen LogP contribution in [0.25, 0.3) is 11.4 Å². The Hall–Kier alpha value is -2.37. The van der Waals surface area contributed by atoms with Gasteiger partial charge in [-0.15, -0.1) is 0 Å². The number of H-pyrrole nitrogens is 1. The van der Waals surface area contributed by atoms with Crippen molar-refractivity contribution in [1.29, 1.82) is 0 Å². The quantitative estimate of drug-likeness (QED) is 0.733. The number of aromatic nitrogens is 3. The Morgan fingerprint density at radius 2 is 1.96 bits per heavy atom. The second-order valence-corrected chi connectivity index (χ2v) is 7.41. The molecule has 1 aromatic carbocycles. The number of unbranched alkanes of at least 4 members (excludes halogenated alkanes) is 1. The standard InChI is InChI=1S/C21H30N4O2/c1-3-4-5-15-6-8-17(9-7-15)21(26)22-14-19-23-20(25-24-19)16-10-12-18(27-2)13-11-16/h10-13,15,17H,3-9,14H2,1-2H3,(H,22,26)(H,23,24,25). The van der Waals surface area contributed by atoms with Crippen LogP contribution in [0, 0.1) is 11.8 Å². The van der Waals surface area contributed by atoms with Crippen LogP contribution in [0.4, 0.5) is 0 Å². The van der Waals surface area contributed by atoms with Crippen LogP contribution in [-0.2, 0) is 11.3 Å². The van der Waals surface area contributed by atoms with Crippen LogP contribution in [-0.4, -0.2) is 28.2 Å². The molecule has 1 aliphatic rings. The van der Waals surface area contributed by atoms with Gasteiger partial charge in [-0.3, -0.25) is 9.89 Å². The fraction of sp³-hybridized carbons (Fsp3) is 0.571. The number of hydrogen-bond donors (Lipinski definition) is 2. The number of benzene rings is 1. The van der Waals surface area contributed by atoms with Crippen molar-refractivity contribution in [2.24, 2.45) is 11.8 Å². The topological polar surface area (TPSA) is 79.9 Å². The van der Waals surface area contributed by atoms with Gasteiger partial charge in [-0.1, -0.05) is 26.2 Å². The fourth-order valence-corrected chi connectivity index (χ4v) is 3.76. The molecule has 1 saturated carbocycles. The first-order valence-electron chi connectivity index (χ1n) is 10.0. The highest BCUT2D eigenvalue weighted by Gasteiger charge is 2.25. The normalized spacial score (nSPS) is 19.6. The lowest BCUT2D eigenvalue weighted by molar-refractivity contribution is -0.126. The Labute approximate surface area is 161 Å². The largest absolute Gasteiger partial charge is 0.497 e. The SMILES string of the molecule is CCCCC1CCC(C(=O)NCc2nc(-c3ccc(OC)cc3)n[nH]2)CC1. The molecule has 1 aliphatic carbocycles. The Morgan fingerprint density at radius 3 is 2.63 bits per heavy atom. The number of aromatic amines is 1. The molecule has 1 amide bonds. The Kier molecular flexibility index (Phi) is 6.85. The molecule has 0 atom stereocenters. The van der Waals surface area contributed by atoms with E-state index in [0.717, 1.165) is 30.1 Å².